The first-order valence-corrected chi connectivity index (χ1v) is 15.0. The highest BCUT2D eigenvalue weighted by Gasteiger charge is 2.39. The predicted octanol–water partition coefficient (Wildman–Crippen LogP) is 5.67. The molecule has 0 saturated carbocycles. The molecule has 5 rings (SSSR count). The van der Waals surface area contributed by atoms with Gasteiger partial charge in [0.1, 0.15) is 18.1 Å². The first-order chi connectivity index (χ1) is 20.9. The molecule has 1 fully saturated rings. The summed E-state index contributed by atoms with van der Waals surface area (Å²) in [6.45, 7) is 5.56. The molecule has 1 amide bonds. The molecule has 0 aromatic heterocycles. The van der Waals surface area contributed by atoms with Crippen LogP contribution in [0.25, 0.3) is 11.1 Å². The van der Waals surface area contributed by atoms with E-state index in [-0.39, 0.29) is 31.3 Å². The topological polar surface area (TPSA) is 94.2 Å². The van der Waals surface area contributed by atoms with Gasteiger partial charge in [-0.25, -0.2) is 4.79 Å². The van der Waals surface area contributed by atoms with Gasteiger partial charge in [-0.3, -0.25) is 14.5 Å². The van der Waals surface area contributed by atoms with E-state index in [4.69, 9.17) is 14.2 Å². The van der Waals surface area contributed by atoms with E-state index in [2.05, 4.69) is 43.4 Å². The van der Waals surface area contributed by atoms with Gasteiger partial charge in [-0.05, 0) is 47.6 Å². The summed E-state index contributed by atoms with van der Waals surface area (Å²) in [4.78, 5) is 40.0. The quantitative estimate of drug-likeness (QED) is 0.259. The van der Waals surface area contributed by atoms with E-state index >= 15 is 0 Å². The van der Waals surface area contributed by atoms with Gasteiger partial charge in [0.2, 0.25) is 6.29 Å². The Labute approximate surface area is 253 Å². The van der Waals surface area contributed by atoms with Crippen LogP contribution in [0.1, 0.15) is 55.7 Å². The number of carbonyl (C=O) groups excluding carboxylic acids is 3. The molecule has 1 aliphatic heterocycles. The normalized spacial score (nSPS) is 16.5. The van der Waals surface area contributed by atoms with Crippen LogP contribution in [0.3, 0.4) is 0 Å². The van der Waals surface area contributed by atoms with Crippen molar-refractivity contribution in [2.45, 2.75) is 57.7 Å². The van der Waals surface area contributed by atoms with Crippen LogP contribution >= 0.6 is 0 Å². The van der Waals surface area contributed by atoms with Gasteiger partial charge in [0.05, 0.1) is 25.7 Å². The zero-order valence-electron chi connectivity index (χ0n) is 25.0. The van der Waals surface area contributed by atoms with E-state index < -0.39 is 18.1 Å². The summed E-state index contributed by atoms with van der Waals surface area (Å²) in [5, 5.41) is 3.36. The van der Waals surface area contributed by atoms with Gasteiger partial charge in [0.25, 0.3) is 0 Å². The maximum atomic E-state index is 13.4. The molecular formula is C35H39N2O6. The summed E-state index contributed by atoms with van der Waals surface area (Å²) in [7, 11) is 1.61. The molecule has 1 unspecified atom stereocenters. The van der Waals surface area contributed by atoms with Gasteiger partial charge in [-0.2, -0.15) is 0 Å². The van der Waals surface area contributed by atoms with Crippen molar-refractivity contribution >= 4 is 18.2 Å². The summed E-state index contributed by atoms with van der Waals surface area (Å²) in [6, 6.07) is 21.5. The molecule has 1 heterocycles. The maximum Gasteiger partial charge on any atom is 0.410 e. The molecule has 2 aliphatic rings. The van der Waals surface area contributed by atoms with Crippen LogP contribution in [0.15, 0.2) is 66.7 Å². The minimum atomic E-state index is -0.997. The van der Waals surface area contributed by atoms with E-state index in [0.717, 1.165) is 27.8 Å². The maximum absolute atomic E-state index is 13.4. The number of Topliss-reactive ketones (excluding diaryl/α,β-unsaturated/α-hetero) is 1. The summed E-state index contributed by atoms with van der Waals surface area (Å²) in [6.07, 6.45) is 2.68. The van der Waals surface area contributed by atoms with Gasteiger partial charge in [-0.15, -0.1) is 0 Å². The van der Waals surface area contributed by atoms with Crippen molar-refractivity contribution in [3.8, 4) is 22.6 Å². The molecule has 0 bridgehead atoms. The monoisotopic (exact) mass is 583 g/mol. The molecule has 2 atom stereocenters. The Bertz CT molecular complexity index is 1410. The number of methoxy groups -OCH3 is 1. The van der Waals surface area contributed by atoms with Crippen LogP contribution in [-0.2, 0) is 20.9 Å². The first kappa shape index (κ1) is 30.3. The van der Waals surface area contributed by atoms with Crippen molar-refractivity contribution in [2.24, 2.45) is 5.92 Å². The van der Waals surface area contributed by atoms with Crippen LogP contribution < -0.4 is 14.8 Å². The fourth-order valence-electron chi connectivity index (χ4n) is 6.02. The van der Waals surface area contributed by atoms with Crippen molar-refractivity contribution in [2.75, 3.05) is 26.9 Å². The Morgan fingerprint density at radius 1 is 1.02 bits per heavy atom. The van der Waals surface area contributed by atoms with E-state index in [1.165, 1.54) is 4.90 Å². The van der Waals surface area contributed by atoms with Crippen LogP contribution in [-0.4, -0.2) is 62.0 Å². The zero-order valence-corrected chi connectivity index (χ0v) is 25.0. The fraction of sp³-hybridized carbons (Fsp3) is 0.400. The van der Waals surface area contributed by atoms with E-state index in [0.29, 0.717) is 43.5 Å². The van der Waals surface area contributed by atoms with Crippen molar-refractivity contribution in [1.29, 1.82) is 0 Å². The Balaban J connectivity index is 1.16. The second kappa shape index (κ2) is 13.9. The van der Waals surface area contributed by atoms with Crippen LogP contribution in [0.4, 0.5) is 4.79 Å². The Morgan fingerprint density at radius 3 is 2.37 bits per heavy atom. The van der Waals surface area contributed by atoms with Crippen molar-refractivity contribution < 1.29 is 28.6 Å². The lowest BCUT2D eigenvalue weighted by Crippen LogP contribution is -2.44. The standard InChI is InChI=1S/C35H39N2O6/c1-23(2)36-20-24-14-15-26(19-33(24)41-3)42-18-16-25(21-38)34(39)32-13-8-17-37(32)35(40)43-22-31-29-11-6-4-9-27(29)28-10-5-7-12-30(28)31/h4-7,9-12,14-15,19,23,25,31-32,36H,8,13,16-18,20,22H2,1-3H3/t25?,32-/m0/s1. The fourth-order valence-corrected chi connectivity index (χ4v) is 6.02. The van der Waals surface area contributed by atoms with Crippen molar-refractivity contribution in [3.05, 3.63) is 83.4 Å². The lowest BCUT2D eigenvalue weighted by Gasteiger charge is -2.25. The molecule has 1 saturated heterocycles. The number of nitrogens with one attached hydrogen (secondary N) is 1. The number of benzene rings is 3. The number of likely N-dealkylation sites (tertiary alicyclic amines) is 1. The number of rotatable bonds is 13. The average Bonchev–Trinajstić information content (AvgIpc) is 3.64. The SMILES string of the molecule is COc1cc(OCCC([C]=O)C(=O)[C@@H]2CCCN2C(=O)OCC2c3ccccc3-c3ccccc32)ccc1CNC(C)C. The molecule has 3 aromatic carbocycles. The third-order valence-electron chi connectivity index (χ3n) is 8.27. The number of ketones is 1. The van der Waals surface area contributed by atoms with E-state index in [1.807, 2.05) is 42.7 Å². The number of nitrogens with zero attached hydrogens (tertiary/aromatic N) is 1. The molecule has 225 valence electrons. The number of hydrogen-bond acceptors (Lipinski definition) is 7. The third kappa shape index (κ3) is 6.75. The molecule has 0 spiro atoms. The highest BCUT2D eigenvalue weighted by molar-refractivity contribution is 5.98. The number of amides is 1. The molecule has 1 radical (unpaired) electrons. The van der Waals surface area contributed by atoms with Gasteiger partial charge in [-0.1, -0.05) is 68.4 Å². The Hall–Kier alpha value is -4.17. The molecule has 43 heavy (non-hydrogen) atoms. The lowest BCUT2D eigenvalue weighted by molar-refractivity contribution is -0.125. The van der Waals surface area contributed by atoms with Gasteiger partial charge < -0.3 is 19.5 Å². The summed E-state index contributed by atoms with van der Waals surface area (Å²) >= 11 is 0. The number of hydrogen-bond donors (Lipinski definition) is 1. The highest BCUT2D eigenvalue weighted by atomic mass is 16.6. The Kier molecular flexibility index (Phi) is 9.77. The van der Waals surface area contributed by atoms with Gasteiger partial charge in [0, 0.05) is 36.7 Å². The molecule has 8 heteroatoms. The molecule has 3 aromatic rings. The zero-order chi connectivity index (χ0) is 30.3. The molecule has 1 aliphatic carbocycles. The van der Waals surface area contributed by atoms with Gasteiger partial charge >= 0.3 is 6.09 Å². The minimum Gasteiger partial charge on any atom is -0.496 e. The average molecular weight is 584 g/mol. The van der Waals surface area contributed by atoms with E-state index in [1.54, 1.807) is 13.2 Å². The lowest BCUT2D eigenvalue weighted by atomic mass is 9.95. The predicted molar refractivity (Wildman–Crippen MR) is 164 cm³/mol. The molecule has 1 N–H and O–H groups in total. The second-order valence-electron chi connectivity index (χ2n) is 11.4. The van der Waals surface area contributed by atoms with Gasteiger partial charge in [0.15, 0.2) is 5.78 Å². The molecular weight excluding hydrogens is 544 g/mol. The first-order valence-electron chi connectivity index (χ1n) is 15.0. The largest absolute Gasteiger partial charge is 0.496 e. The van der Waals surface area contributed by atoms with Crippen LogP contribution in [0, 0.1) is 5.92 Å². The van der Waals surface area contributed by atoms with Crippen LogP contribution in [0.5, 0.6) is 11.5 Å². The summed E-state index contributed by atoms with van der Waals surface area (Å²) in [5.41, 5.74) is 5.56. The highest BCUT2D eigenvalue weighted by Crippen LogP contribution is 2.44. The van der Waals surface area contributed by atoms with Crippen LogP contribution in [0.2, 0.25) is 0 Å². The Morgan fingerprint density at radius 2 is 1.72 bits per heavy atom. The summed E-state index contributed by atoms with van der Waals surface area (Å²) in [5.74, 6) is -0.102. The summed E-state index contributed by atoms with van der Waals surface area (Å²) < 4.78 is 17.2. The van der Waals surface area contributed by atoms with Crippen molar-refractivity contribution in [1.82, 2.24) is 10.2 Å². The molecule has 8 nitrogen and oxygen atoms in total. The third-order valence-corrected chi connectivity index (χ3v) is 8.27. The number of ether oxygens (including phenoxy) is 3. The minimum absolute atomic E-state index is 0.0690. The number of carbonyl (C=O) groups is 2. The smallest absolute Gasteiger partial charge is 0.410 e. The van der Waals surface area contributed by atoms with E-state index in [9.17, 15) is 14.4 Å². The van der Waals surface area contributed by atoms with Crippen molar-refractivity contribution in [3.63, 3.8) is 0 Å². The second-order valence-corrected chi connectivity index (χ2v) is 11.4. The number of fused-ring (bicyclic) bond motifs is 3.